The van der Waals surface area contributed by atoms with Crippen molar-refractivity contribution < 1.29 is 13.9 Å². The highest BCUT2D eigenvalue weighted by Crippen LogP contribution is 2.29. The van der Waals surface area contributed by atoms with Crippen LogP contribution < -0.4 is 19.3 Å². The van der Waals surface area contributed by atoms with Gasteiger partial charge in [0.15, 0.2) is 11.5 Å². The SMILES string of the molecule is COc1ccc(/C=C/c2nc(C#N)c(N3CCN(c4ccccc4)CC3)o2)cc1OC. The third kappa shape index (κ3) is 4.48. The average Bonchev–Trinajstić information content (AvgIpc) is 3.26. The van der Waals surface area contributed by atoms with Crippen LogP contribution in [0.3, 0.4) is 0 Å². The lowest BCUT2D eigenvalue weighted by molar-refractivity contribution is 0.355. The Morgan fingerprint density at radius 3 is 2.32 bits per heavy atom. The summed E-state index contributed by atoms with van der Waals surface area (Å²) in [5, 5.41) is 9.54. The number of methoxy groups -OCH3 is 2. The molecule has 3 aromatic rings. The molecule has 0 N–H and O–H groups in total. The van der Waals surface area contributed by atoms with Crippen LogP contribution in [-0.4, -0.2) is 45.4 Å². The number of hydrogen-bond acceptors (Lipinski definition) is 7. The zero-order valence-corrected chi connectivity index (χ0v) is 17.6. The van der Waals surface area contributed by atoms with Crippen LogP contribution >= 0.6 is 0 Å². The van der Waals surface area contributed by atoms with Crippen LogP contribution in [0.4, 0.5) is 11.6 Å². The molecule has 0 unspecified atom stereocenters. The van der Waals surface area contributed by atoms with Crippen molar-refractivity contribution in [1.29, 1.82) is 5.26 Å². The Morgan fingerprint density at radius 2 is 1.65 bits per heavy atom. The monoisotopic (exact) mass is 416 g/mol. The van der Waals surface area contributed by atoms with Crippen LogP contribution in [-0.2, 0) is 0 Å². The molecule has 0 radical (unpaired) electrons. The fourth-order valence-corrected chi connectivity index (χ4v) is 3.62. The molecule has 0 saturated carbocycles. The molecule has 158 valence electrons. The smallest absolute Gasteiger partial charge is 0.235 e. The number of nitriles is 1. The molecule has 1 aromatic heterocycles. The molecule has 4 rings (SSSR count). The Bertz CT molecular complexity index is 1090. The molecule has 1 aliphatic rings. The Hall–Kier alpha value is -3.92. The van der Waals surface area contributed by atoms with Gasteiger partial charge < -0.3 is 23.7 Å². The summed E-state index contributed by atoms with van der Waals surface area (Å²) in [6, 6.07) is 18.1. The molecule has 31 heavy (non-hydrogen) atoms. The van der Waals surface area contributed by atoms with Crippen LogP contribution in [0.1, 0.15) is 17.1 Å². The van der Waals surface area contributed by atoms with E-state index in [1.807, 2.05) is 42.5 Å². The molecule has 0 atom stereocenters. The maximum Gasteiger partial charge on any atom is 0.235 e. The number of oxazole rings is 1. The molecule has 1 fully saturated rings. The lowest BCUT2D eigenvalue weighted by Crippen LogP contribution is -2.46. The van der Waals surface area contributed by atoms with Crippen molar-refractivity contribution in [2.45, 2.75) is 0 Å². The van der Waals surface area contributed by atoms with E-state index in [2.05, 4.69) is 33.0 Å². The molecule has 0 amide bonds. The fourth-order valence-electron chi connectivity index (χ4n) is 3.62. The van der Waals surface area contributed by atoms with E-state index in [0.717, 1.165) is 31.7 Å². The molecule has 7 heteroatoms. The Labute approximate surface area is 181 Å². The van der Waals surface area contributed by atoms with E-state index in [0.29, 0.717) is 29.0 Å². The van der Waals surface area contributed by atoms with Gasteiger partial charge in [-0.25, -0.2) is 0 Å². The third-order valence-corrected chi connectivity index (χ3v) is 5.25. The predicted molar refractivity (Wildman–Crippen MR) is 121 cm³/mol. The van der Waals surface area contributed by atoms with Crippen molar-refractivity contribution in [1.82, 2.24) is 4.98 Å². The van der Waals surface area contributed by atoms with Gasteiger partial charge in [0.1, 0.15) is 6.07 Å². The van der Waals surface area contributed by atoms with E-state index in [-0.39, 0.29) is 0 Å². The standard InChI is InChI=1S/C24H24N4O3/c1-29-21-10-8-18(16-22(21)30-2)9-11-23-26-20(17-25)24(31-23)28-14-12-27(13-15-28)19-6-4-3-5-7-19/h3-11,16H,12-15H2,1-2H3/b11-9+. The number of aromatic nitrogens is 1. The maximum absolute atomic E-state index is 9.54. The normalized spacial score (nSPS) is 14.0. The van der Waals surface area contributed by atoms with Gasteiger partial charge in [-0.3, -0.25) is 0 Å². The first-order valence-electron chi connectivity index (χ1n) is 10.1. The third-order valence-electron chi connectivity index (χ3n) is 5.25. The van der Waals surface area contributed by atoms with E-state index < -0.39 is 0 Å². The topological polar surface area (TPSA) is 74.8 Å². The minimum Gasteiger partial charge on any atom is -0.493 e. The summed E-state index contributed by atoms with van der Waals surface area (Å²) in [4.78, 5) is 8.76. The number of ether oxygens (including phenoxy) is 2. The summed E-state index contributed by atoms with van der Waals surface area (Å²) >= 11 is 0. The van der Waals surface area contributed by atoms with Gasteiger partial charge in [-0.2, -0.15) is 10.2 Å². The zero-order chi connectivity index (χ0) is 21.6. The molecule has 7 nitrogen and oxygen atoms in total. The first kappa shape index (κ1) is 20.4. The second-order valence-corrected chi connectivity index (χ2v) is 7.08. The molecule has 2 heterocycles. The number of nitrogens with zero attached hydrogens (tertiary/aromatic N) is 4. The van der Waals surface area contributed by atoms with E-state index in [9.17, 15) is 5.26 Å². The molecular formula is C24H24N4O3. The van der Waals surface area contributed by atoms with Gasteiger partial charge in [-0.1, -0.05) is 24.3 Å². The second kappa shape index (κ2) is 9.26. The van der Waals surface area contributed by atoms with Gasteiger partial charge in [-0.15, -0.1) is 0 Å². The number of para-hydroxylation sites is 1. The molecule has 2 aromatic carbocycles. The maximum atomic E-state index is 9.54. The first-order valence-corrected chi connectivity index (χ1v) is 10.1. The minimum atomic E-state index is 0.306. The van der Waals surface area contributed by atoms with E-state index >= 15 is 0 Å². The fraction of sp³-hybridized carbons (Fsp3) is 0.250. The predicted octanol–water partition coefficient (Wildman–Crippen LogP) is 4.06. The van der Waals surface area contributed by atoms with Crippen molar-refractivity contribution in [2.24, 2.45) is 0 Å². The molecule has 1 aliphatic heterocycles. The number of hydrogen-bond donors (Lipinski definition) is 0. The lowest BCUT2D eigenvalue weighted by atomic mass is 10.2. The van der Waals surface area contributed by atoms with Crippen molar-refractivity contribution in [3.05, 3.63) is 65.7 Å². The summed E-state index contributed by atoms with van der Waals surface area (Å²) in [7, 11) is 3.20. The highest BCUT2D eigenvalue weighted by Gasteiger charge is 2.23. The van der Waals surface area contributed by atoms with Gasteiger partial charge in [0.2, 0.25) is 17.5 Å². The molecule has 1 saturated heterocycles. The summed E-state index contributed by atoms with van der Waals surface area (Å²) in [5.41, 5.74) is 2.42. The lowest BCUT2D eigenvalue weighted by Gasteiger charge is -2.35. The minimum absolute atomic E-state index is 0.306. The highest BCUT2D eigenvalue weighted by molar-refractivity contribution is 5.69. The van der Waals surface area contributed by atoms with Crippen molar-refractivity contribution in [2.75, 3.05) is 50.2 Å². The van der Waals surface area contributed by atoms with Gasteiger partial charge in [-0.05, 0) is 35.9 Å². The molecule has 0 spiro atoms. The van der Waals surface area contributed by atoms with Gasteiger partial charge in [0.05, 0.1) is 14.2 Å². The number of piperazine rings is 1. The Morgan fingerprint density at radius 1 is 0.935 bits per heavy atom. The van der Waals surface area contributed by atoms with Crippen molar-refractivity contribution in [3.63, 3.8) is 0 Å². The van der Waals surface area contributed by atoms with Gasteiger partial charge >= 0.3 is 0 Å². The largest absolute Gasteiger partial charge is 0.493 e. The first-order chi connectivity index (χ1) is 15.2. The quantitative estimate of drug-likeness (QED) is 0.600. The van der Waals surface area contributed by atoms with Crippen LogP contribution in [0.15, 0.2) is 52.9 Å². The molecule has 0 aliphatic carbocycles. The van der Waals surface area contributed by atoms with Crippen molar-refractivity contribution in [3.8, 4) is 17.6 Å². The van der Waals surface area contributed by atoms with Crippen LogP contribution in [0.2, 0.25) is 0 Å². The van der Waals surface area contributed by atoms with Crippen molar-refractivity contribution >= 4 is 23.7 Å². The number of anilines is 2. The summed E-state index contributed by atoms with van der Waals surface area (Å²) in [6.07, 6.45) is 3.62. The Balaban J connectivity index is 1.47. The molecule has 0 bridgehead atoms. The number of rotatable bonds is 6. The Kier molecular flexibility index (Phi) is 6.08. The average molecular weight is 416 g/mol. The van der Waals surface area contributed by atoms with Gasteiger partial charge in [0, 0.05) is 37.9 Å². The van der Waals surface area contributed by atoms with E-state index in [1.54, 1.807) is 20.3 Å². The summed E-state index contributed by atoms with van der Waals surface area (Å²) in [6.45, 7) is 3.23. The van der Waals surface area contributed by atoms with E-state index in [4.69, 9.17) is 13.9 Å². The number of benzene rings is 2. The van der Waals surface area contributed by atoms with Crippen LogP contribution in [0.5, 0.6) is 11.5 Å². The highest BCUT2D eigenvalue weighted by atomic mass is 16.5. The van der Waals surface area contributed by atoms with E-state index in [1.165, 1.54) is 5.69 Å². The zero-order valence-electron chi connectivity index (χ0n) is 17.6. The molecular weight excluding hydrogens is 392 g/mol. The second-order valence-electron chi connectivity index (χ2n) is 7.08. The van der Waals surface area contributed by atoms with Crippen LogP contribution in [0, 0.1) is 11.3 Å². The van der Waals surface area contributed by atoms with Crippen LogP contribution in [0.25, 0.3) is 12.2 Å². The summed E-state index contributed by atoms with van der Waals surface area (Å²) < 4.78 is 16.5. The van der Waals surface area contributed by atoms with Gasteiger partial charge in [0.25, 0.3) is 0 Å². The summed E-state index contributed by atoms with van der Waals surface area (Å²) in [5.74, 6) is 2.24.